The van der Waals surface area contributed by atoms with Gasteiger partial charge >= 0.3 is 0 Å². The molecule has 0 amide bonds. The Morgan fingerprint density at radius 3 is 2.75 bits per heavy atom. The molecule has 0 bridgehead atoms. The zero-order chi connectivity index (χ0) is 10.8. The SMILES string of the molecule is CC1CCC(c2ccnn2C(C)C)NC1.Cl. The van der Waals surface area contributed by atoms with Crippen LogP contribution >= 0.6 is 12.4 Å². The Morgan fingerprint density at radius 2 is 2.19 bits per heavy atom. The van der Waals surface area contributed by atoms with Crippen LogP contribution in [-0.2, 0) is 0 Å². The minimum Gasteiger partial charge on any atom is -0.308 e. The first-order chi connectivity index (χ1) is 7.18. The normalized spacial score (nSPS) is 25.5. The van der Waals surface area contributed by atoms with E-state index in [0.29, 0.717) is 12.1 Å². The third kappa shape index (κ3) is 2.77. The minimum absolute atomic E-state index is 0. The van der Waals surface area contributed by atoms with Gasteiger partial charge in [0, 0.05) is 18.3 Å². The van der Waals surface area contributed by atoms with Crippen molar-refractivity contribution >= 4 is 12.4 Å². The monoisotopic (exact) mass is 243 g/mol. The number of rotatable bonds is 2. The van der Waals surface area contributed by atoms with E-state index in [1.54, 1.807) is 0 Å². The molecule has 2 unspecified atom stereocenters. The van der Waals surface area contributed by atoms with Crippen LogP contribution < -0.4 is 5.32 Å². The molecular weight excluding hydrogens is 222 g/mol. The van der Waals surface area contributed by atoms with Crippen molar-refractivity contribution in [3.8, 4) is 0 Å². The van der Waals surface area contributed by atoms with Gasteiger partial charge in [-0.3, -0.25) is 4.68 Å². The summed E-state index contributed by atoms with van der Waals surface area (Å²) in [7, 11) is 0. The summed E-state index contributed by atoms with van der Waals surface area (Å²) in [4.78, 5) is 0. The van der Waals surface area contributed by atoms with Crippen molar-refractivity contribution in [3.05, 3.63) is 18.0 Å². The predicted molar refractivity (Wildman–Crippen MR) is 69.0 cm³/mol. The van der Waals surface area contributed by atoms with Gasteiger partial charge in [-0.05, 0) is 45.2 Å². The average molecular weight is 244 g/mol. The summed E-state index contributed by atoms with van der Waals surface area (Å²) in [6, 6.07) is 3.11. The molecule has 16 heavy (non-hydrogen) atoms. The number of halogens is 1. The second-order valence-electron chi connectivity index (χ2n) is 4.94. The molecule has 2 heterocycles. The van der Waals surface area contributed by atoms with E-state index in [1.165, 1.54) is 18.5 Å². The smallest absolute Gasteiger partial charge is 0.0556 e. The Balaban J connectivity index is 0.00000128. The highest BCUT2D eigenvalue weighted by atomic mass is 35.5. The van der Waals surface area contributed by atoms with E-state index in [4.69, 9.17) is 0 Å². The van der Waals surface area contributed by atoms with E-state index in [0.717, 1.165) is 12.5 Å². The number of nitrogens with one attached hydrogen (secondary N) is 1. The molecule has 0 aromatic carbocycles. The molecule has 1 N–H and O–H groups in total. The summed E-state index contributed by atoms with van der Waals surface area (Å²) in [5, 5.41) is 7.99. The Labute approximate surface area is 104 Å². The fourth-order valence-electron chi connectivity index (χ4n) is 2.28. The van der Waals surface area contributed by atoms with Crippen LogP contribution in [0.25, 0.3) is 0 Å². The fourth-order valence-corrected chi connectivity index (χ4v) is 2.28. The van der Waals surface area contributed by atoms with Crippen LogP contribution in [0.5, 0.6) is 0 Å². The summed E-state index contributed by atoms with van der Waals surface area (Å²) in [6.45, 7) is 7.81. The van der Waals surface area contributed by atoms with Crippen LogP contribution in [0.4, 0.5) is 0 Å². The lowest BCUT2D eigenvalue weighted by molar-refractivity contribution is 0.315. The number of hydrogen-bond donors (Lipinski definition) is 1. The van der Waals surface area contributed by atoms with E-state index in [-0.39, 0.29) is 12.4 Å². The molecule has 0 spiro atoms. The molecule has 1 saturated heterocycles. The van der Waals surface area contributed by atoms with E-state index in [1.807, 2.05) is 6.20 Å². The standard InChI is InChI=1S/C12H21N3.ClH/c1-9(2)15-12(6-7-14-15)11-5-4-10(3)8-13-11;/h6-7,9-11,13H,4-5,8H2,1-3H3;1H. The van der Waals surface area contributed by atoms with Gasteiger partial charge < -0.3 is 5.32 Å². The Hall–Kier alpha value is -0.540. The molecule has 1 fully saturated rings. The lowest BCUT2D eigenvalue weighted by atomic mass is 9.94. The van der Waals surface area contributed by atoms with Crippen molar-refractivity contribution in [2.75, 3.05) is 6.54 Å². The molecule has 1 aliphatic rings. The maximum absolute atomic E-state index is 4.39. The first kappa shape index (κ1) is 13.5. The Kier molecular flexibility index (Phi) is 4.81. The maximum Gasteiger partial charge on any atom is 0.0556 e. The Morgan fingerprint density at radius 1 is 1.44 bits per heavy atom. The number of aromatic nitrogens is 2. The van der Waals surface area contributed by atoms with Gasteiger partial charge in [0.05, 0.1) is 5.69 Å². The first-order valence-electron chi connectivity index (χ1n) is 5.95. The molecule has 0 aliphatic carbocycles. The van der Waals surface area contributed by atoms with Crippen molar-refractivity contribution in [2.24, 2.45) is 5.92 Å². The third-order valence-electron chi connectivity index (χ3n) is 3.21. The lowest BCUT2D eigenvalue weighted by Gasteiger charge is -2.28. The van der Waals surface area contributed by atoms with Crippen LogP contribution in [0.15, 0.2) is 12.3 Å². The van der Waals surface area contributed by atoms with Crippen molar-refractivity contribution in [1.29, 1.82) is 0 Å². The molecule has 1 aromatic rings. The lowest BCUT2D eigenvalue weighted by Crippen LogP contribution is -2.33. The van der Waals surface area contributed by atoms with Crippen LogP contribution in [-0.4, -0.2) is 16.3 Å². The Bertz CT molecular complexity index is 314. The van der Waals surface area contributed by atoms with Gasteiger partial charge in [0.2, 0.25) is 0 Å². The topological polar surface area (TPSA) is 29.9 Å². The van der Waals surface area contributed by atoms with Crippen LogP contribution in [0.1, 0.15) is 51.4 Å². The van der Waals surface area contributed by atoms with Crippen molar-refractivity contribution in [2.45, 2.75) is 45.7 Å². The zero-order valence-corrected chi connectivity index (χ0v) is 11.1. The molecule has 1 aliphatic heterocycles. The largest absolute Gasteiger partial charge is 0.308 e. The predicted octanol–water partition coefficient (Wildman–Crippen LogP) is 2.95. The van der Waals surface area contributed by atoms with Crippen LogP contribution in [0, 0.1) is 5.92 Å². The van der Waals surface area contributed by atoms with Gasteiger partial charge in [-0.25, -0.2) is 0 Å². The highest BCUT2D eigenvalue weighted by Gasteiger charge is 2.22. The number of hydrogen-bond acceptors (Lipinski definition) is 2. The summed E-state index contributed by atoms with van der Waals surface area (Å²) >= 11 is 0. The molecular formula is C12H22ClN3. The molecule has 3 nitrogen and oxygen atoms in total. The molecule has 0 saturated carbocycles. The third-order valence-corrected chi connectivity index (χ3v) is 3.21. The average Bonchev–Trinajstić information content (AvgIpc) is 2.67. The van der Waals surface area contributed by atoms with Gasteiger partial charge in [0.15, 0.2) is 0 Å². The number of nitrogens with zero attached hydrogens (tertiary/aromatic N) is 2. The minimum atomic E-state index is 0. The zero-order valence-electron chi connectivity index (χ0n) is 10.3. The molecule has 92 valence electrons. The number of piperidine rings is 1. The summed E-state index contributed by atoms with van der Waals surface area (Å²) in [6.07, 6.45) is 4.47. The van der Waals surface area contributed by atoms with Gasteiger partial charge in [-0.2, -0.15) is 5.10 Å². The second-order valence-corrected chi connectivity index (χ2v) is 4.94. The van der Waals surface area contributed by atoms with Crippen LogP contribution in [0.2, 0.25) is 0 Å². The summed E-state index contributed by atoms with van der Waals surface area (Å²) in [5.41, 5.74) is 1.34. The van der Waals surface area contributed by atoms with E-state index in [2.05, 4.69) is 41.9 Å². The second kappa shape index (κ2) is 5.69. The van der Waals surface area contributed by atoms with E-state index >= 15 is 0 Å². The fraction of sp³-hybridized carbons (Fsp3) is 0.750. The van der Waals surface area contributed by atoms with Gasteiger partial charge in [-0.15, -0.1) is 12.4 Å². The summed E-state index contributed by atoms with van der Waals surface area (Å²) < 4.78 is 2.13. The van der Waals surface area contributed by atoms with Crippen LogP contribution in [0.3, 0.4) is 0 Å². The van der Waals surface area contributed by atoms with Crippen molar-refractivity contribution in [1.82, 2.24) is 15.1 Å². The maximum atomic E-state index is 4.39. The van der Waals surface area contributed by atoms with E-state index < -0.39 is 0 Å². The van der Waals surface area contributed by atoms with Gasteiger partial charge in [-0.1, -0.05) is 6.92 Å². The molecule has 0 radical (unpaired) electrons. The van der Waals surface area contributed by atoms with E-state index in [9.17, 15) is 0 Å². The first-order valence-corrected chi connectivity index (χ1v) is 5.95. The van der Waals surface area contributed by atoms with Gasteiger partial charge in [0.25, 0.3) is 0 Å². The van der Waals surface area contributed by atoms with Crippen molar-refractivity contribution in [3.63, 3.8) is 0 Å². The molecule has 4 heteroatoms. The van der Waals surface area contributed by atoms with Crippen molar-refractivity contribution < 1.29 is 0 Å². The molecule has 1 aromatic heterocycles. The summed E-state index contributed by atoms with van der Waals surface area (Å²) in [5.74, 6) is 0.816. The highest BCUT2D eigenvalue weighted by Crippen LogP contribution is 2.26. The highest BCUT2D eigenvalue weighted by molar-refractivity contribution is 5.85. The quantitative estimate of drug-likeness (QED) is 0.866. The molecule has 2 atom stereocenters. The van der Waals surface area contributed by atoms with Gasteiger partial charge in [0.1, 0.15) is 0 Å². The molecule has 2 rings (SSSR count).